The summed E-state index contributed by atoms with van der Waals surface area (Å²) in [5, 5.41) is 3.20. The molecule has 11 aromatic rings. The maximum atomic E-state index is 6.56. The summed E-state index contributed by atoms with van der Waals surface area (Å²) >= 11 is 0. The molecule has 0 radical (unpaired) electrons. The largest absolute Gasteiger partial charge is 0.456 e. The Balaban J connectivity index is 0.938. The highest BCUT2D eigenvalue weighted by Gasteiger charge is 2.34. The summed E-state index contributed by atoms with van der Waals surface area (Å²) in [6.45, 7) is 4.69. The van der Waals surface area contributed by atoms with Gasteiger partial charge in [0.25, 0.3) is 0 Å². The molecule has 7 nitrogen and oxygen atoms in total. The van der Waals surface area contributed by atoms with Gasteiger partial charge in [-0.05, 0) is 144 Å². The molecule has 0 bridgehead atoms. The SMILES string of the molecule is CC1CC=CC(C2C=Cc3c(c4ncccc4n3-c3ccc4oc5ccc(-n6c7ccc(-c8ccccc8-c8ccccn8)cc7c7ncccc76)cc5c4c3)C2C)=C1c1ccccn1. The van der Waals surface area contributed by atoms with E-state index in [0.29, 0.717) is 5.92 Å². The monoisotopic (exact) mass is 838 g/mol. The van der Waals surface area contributed by atoms with Gasteiger partial charge in [0.2, 0.25) is 0 Å². The molecule has 0 N–H and O–H groups in total. The van der Waals surface area contributed by atoms with Crippen LogP contribution in [0, 0.1) is 11.8 Å². The van der Waals surface area contributed by atoms with Gasteiger partial charge < -0.3 is 13.6 Å². The van der Waals surface area contributed by atoms with Crippen molar-refractivity contribution in [2.24, 2.45) is 11.8 Å². The average molecular weight is 839 g/mol. The molecule has 2 aliphatic rings. The number of benzene rings is 4. The Hall–Kier alpha value is -8.16. The summed E-state index contributed by atoms with van der Waals surface area (Å²) in [4.78, 5) is 19.5. The van der Waals surface area contributed by atoms with Gasteiger partial charge in [-0.3, -0.25) is 19.9 Å². The first kappa shape index (κ1) is 37.4. The number of rotatable bonds is 6. The maximum absolute atomic E-state index is 6.56. The zero-order valence-corrected chi connectivity index (χ0v) is 35.9. The van der Waals surface area contributed by atoms with Gasteiger partial charge in [0.05, 0.1) is 44.7 Å². The number of nitrogens with zero attached hydrogens (tertiary/aromatic N) is 6. The molecule has 7 heterocycles. The smallest absolute Gasteiger partial charge is 0.135 e. The first-order valence-corrected chi connectivity index (χ1v) is 22.5. The molecule has 0 saturated heterocycles. The van der Waals surface area contributed by atoms with Crippen LogP contribution in [0.5, 0.6) is 0 Å². The second kappa shape index (κ2) is 14.7. The second-order valence-corrected chi connectivity index (χ2v) is 17.5. The zero-order chi connectivity index (χ0) is 43.2. The zero-order valence-electron chi connectivity index (χ0n) is 35.9. The molecule has 13 rings (SSSR count). The van der Waals surface area contributed by atoms with Gasteiger partial charge >= 0.3 is 0 Å². The van der Waals surface area contributed by atoms with Crippen LogP contribution in [0.4, 0.5) is 0 Å². The van der Waals surface area contributed by atoms with Crippen molar-refractivity contribution in [2.75, 3.05) is 0 Å². The number of allylic oxidation sites excluding steroid dienone is 5. The molecule has 2 aliphatic carbocycles. The molecule has 0 amide bonds. The number of furan rings is 1. The normalized spacial score (nSPS) is 17.3. The Morgan fingerprint density at radius 2 is 1.20 bits per heavy atom. The number of hydrogen-bond donors (Lipinski definition) is 0. The van der Waals surface area contributed by atoms with Gasteiger partial charge in [0, 0.05) is 69.4 Å². The molecule has 3 atom stereocenters. The molecule has 310 valence electrons. The van der Waals surface area contributed by atoms with E-state index in [1.165, 1.54) is 22.4 Å². The van der Waals surface area contributed by atoms with Crippen LogP contribution in [0.3, 0.4) is 0 Å². The molecular formula is C58H42N6O. The minimum absolute atomic E-state index is 0.184. The topological polar surface area (TPSA) is 74.6 Å². The van der Waals surface area contributed by atoms with Crippen LogP contribution in [0.1, 0.15) is 43.1 Å². The molecule has 7 aromatic heterocycles. The summed E-state index contributed by atoms with van der Waals surface area (Å²) in [6.07, 6.45) is 18.0. The lowest BCUT2D eigenvalue weighted by molar-refractivity contribution is 0.608. The van der Waals surface area contributed by atoms with E-state index in [4.69, 9.17) is 19.4 Å². The van der Waals surface area contributed by atoms with Crippen molar-refractivity contribution in [3.63, 3.8) is 0 Å². The summed E-state index contributed by atoms with van der Waals surface area (Å²) in [7, 11) is 0. The molecule has 3 unspecified atom stereocenters. The molecule has 0 spiro atoms. The van der Waals surface area contributed by atoms with Crippen molar-refractivity contribution in [2.45, 2.75) is 26.2 Å². The Morgan fingerprint density at radius 1 is 0.538 bits per heavy atom. The van der Waals surface area contributed by atoms with Crippen LogP contribution in [-0.4, -0.2) is 29.1 Å². The lowest BCUT2D eigenvalue weighted by Gasteiger charge is -2.32. The standard InChI is InChI=1S/C58H42N6O/c1-35-12-9-15-43(55(35)48-17-6-8-29-60-48)40-23-25-50-56(36(40)2)58-52(19-11-31-62-58)64(50)39-22-27-54-45(34-39)44-33-38(21-26-53(44)65-54)63-49-24-20-37(32-46(49)57-51(63)18-10-30-61-57)41-13-3-4-14-42(41)47-16-5-7-28-59-47/h3-11,13-36,40H,12H2,1-2H3. The van der Waals surface area contributed by atoms with E-state index in [2.05, 4.69) is 161 Å². The lowest BCUT2D eigenvalue weighted by atomic mass is 9.73. The van der Waals surface area contributed by atoms with E-state index in [1.807, 2.05) is 55.1 Å². The van der Waals surface area contributed by atoms with Crippen LogP contribution < -0.4 is 0 Å². The van der Waals surface area contributed by atoms with Crippen LogP contribution in [-0.2, 0) is 0 Å². The Morgan fingerprint density at radius 3 is 1.94 bits per heavy atom. The second-order valence-electron chi connectivity index (χ2n) is 17.5. The summed E-state index contributed by atoms with van der Waals surface area (Å²) in [5.74, 6) is 0.753. The van der Waals surface area contributed by atoms with E-state index >= 15 is 0 Å². The van der Waals surface area contributed by atoms with Gasteiger partial charge in [0.15, 0.2) is 0 Å². The fourth-order valence-corrected chi connectivity index (χ4v) is 10.9. The number of pyridine rings is 4. The van der Waals surface area contributed by atoms with Gasteiger partial charge in [-0.1, -0.05) is 74.5 Å². The van der Waals surface area contributed by atoms with E-state index < -0.39 is 0 Å². The lowest BCUT2D eigenvalue weighted by Crippen LogP contribution is -2.19. The van der Waals surface area contributed by atoms with Crippen molar-refractivity contribution in [3.05, 3.63) is 205 Å². The fraction of sp³-hybridized carbons (Fsp3) is 0.103. The average Bonchev–Trinajstić information content (AvgIpc) is 4.02. The summed E-state index contributed by atoms with van der Waals surface area (Å²) < 4.78 is 11.3. The maximum Gasteiger partial charge on any atom is 0.135 e. The first-order valence-electron chi connectivity index (χ1n) is 22.5. The minimum Gasteiger partial charge on any atom is -0.456 e. The summed E-state index contributed by atoms with van der Waals surface area (Å²) in [5.41, 5.74) is 19.5. The minimum atomic E-state index is 0.184. The molecule has 65 heavy (non-hydrogen) atoms. The van der Waals surface area contributed by atoms with Crippen molar-refractivity contribution in [3.8, 4) is 33.8 Å². The predicted molar refractivity (Wildman–Crippen MR) is 264 cm³/mol. The molecule has 0 aliphatic heterocycles. The van der Waals surface area contributed by atoms with Crippen molar-refractivity contribution < 1.29 is 4.42 Å². The Kier molecular flexibility index (Phi) is 8.46. The fourth-order valence-electron chi connectivity index (χ4n) is 10.9. The highest BCUT2D eigenvalue weighted by molar-refractivity contribution is 6.10. The van der Waals surface area contributed by atoms with Gasteiger partial charge in [-0.2, -0.15) is 0 Å². The van der Waals surface area contributed by atoms with E-state index in [1.54, 1.807) is 0 Å². The third-order valence-corrected chi connectivity index (χ3v) is 13.8. The third-order valence-electron chi connectivity index (χ3n) is 13.8. The van der Waals surface area contributed by atoms with Crippen LogP contribution in [0.15, 0.2) is 193 Å². The Labute approximate surface area is 375 Å². The molecule has 0 saturated carbocycles. The van der Waals surface area contributed by atoms with Gasteiger partial charge in [-0.15, -0.1) is 0 Å². The Bertz CT molecular complexity index is 3790. The highest BCUT2D eigenvalue weighted by atomic mass is 16.3. The number of hydrogen-bond acceptors (Lipinski definition) is 5. The van der Waals surface area contributed by atoms with Crippen LogP contribution in [0.25, 0.3) is 100 Å². The molecule has 7 heteroatoms. The van der Waals surface area contributed by atoms with Gasteiger partial charge in [-0.25, -0.2) is 0 Å². The number of aromatic nitrogens is 6. The van der Waals surface area contributed by atoms with Gasteiger partial charge in [0.1, 0.15) is 11.2 Å². The van der Waals surface area contributed by atoms with E-state index in [0.717, 1.165) is 101 Å². The predicted octanol–water partition coefficient (Wildman–Crippen LogP) is 14.3. The molecular weight excluding hydrogens is 797 g/mol. The number of fused-ring (bicyclic) bond motifs is 9. The van der Waals surface area contributed by atoms with Crippen LogP contribution >= 0.6 is 0 Å². The van der Waals surface area contributed by atoms with E-state index in [9.17, 15) is 0 Å². The van der Waals surface area contributed by atoms with E-state index in [-0.39, 0.29) is 11.8 Å². The van der Waals surface area contributed by atoms with Crippen molar-refractivity contribution in [1.82, 2.24) is 29.1 Å². The molecule has 4 aromatic carbocycles. The summed E-state index contributed by atoms with van der Waals surface area (Å²) in [6, 6.07) is 49.0. The van der Waals surface area contributed by atoms with Crippen molar-refractivity contribution >= 4 is 66.6 Å². The quantitative estimate of drug-likeness (QED) is 0.167. The third kappa shape index (κ3) is 5.82. The first-order chi connectivity index (χ1) is 32.1. The van der Waals surface area contributed by atoms with Crippen molar-refractivity contribution in [1.29, 1.82) is 0 Å². The molecule has 0 fully saturated rings. The van der Waals surface area contributed by atoms with Crippen LogP contribution in [0.2, 0.25) is 0 Å². The highest BCUT2D eigenvalue weighted by Crippen LogP contribution is 2.48.